The normalized spacial score (nSPS) is 13.9. The van der Waals surface area contributed by atoms with Crippen molar-refractivity contribution in [1.29, 1.82) is 0 Å². The molecule has 0 amide bonds. The van der Waals surface area contributed by atoms with Crippen molar-refractivity contribution in [3.8, 4) is 0 Å². The molecule has 0 radical (unpaired) electrons. The SMILES string of the molecule is CCCCCCCCCCCCCCCCCCCC(=O)OC[C@H](COP(=O)(O)OC[C@@H](O)COP(=O)(O)OC[C@@H](COC(=O)CCCCCCCCCCC(C)C)OC(=O)CCCCCCCCCCCCCC)OC(=O)CCCCCCCCCCCCCCCCCCCCC(C)C. The number of carbonyl (C=O) groups is 4. The fraction of sp³-hybridized carbons (Fsp3) is 0.951. The molecule has 0 bridgehead atoms. The summed E-state index contributed by atoms with van der Waals surface area (Å²) in [5.41, 5.74) is 0. The van der Waals surface area contributed by atoms with Gasteiger partial charge in [0.15, 0.2) is 12.2 Å². The summed E-state index contributed by atoms with van der Waals surface area (Å²) >= 11 is 0. The van der Waals surface area contributed by atoms with Crippen LogP contribution >= 0.6 is 15.6 Å². The summed E-state index contributed by atoms with van der Waals surface area (Å²) < 4.78 is 68.7. The topological polar surface area (TPSA) is 237 Å². The molecule has 0 aliphatic carbocycles. The fourth-order valence-corrected chi connectivity index (χ4v) is 14.3. The number of aliphatic hydroxyl groups excluding tert-OH is 1. The first-order valence-corrected chi connectivity index (χ1v) is 45.5. The number of aliphatic hydroxyl groups is 1. The van der Waals surface area contributed by atoms with Crippen LogP contribution in [-0.4, -0.2) is 96.7 Å². The standard InChI is InChI=1S/C82H160O17P2/c1-7-9-11-13-15-17-19-21-22-25-29-32-36-39-46-52-58-64-79(84)92-70-77(98-82(87)67-61-55-49-41-37-33-30-27-24-23-26-28-31-34-38-44-50-56-62-74(3)4)72-96-100(88,89)94-68-76(83)69-95-101(90,91)97-73-78(71-93-80(85)65-59-53-47-43-42-45-51-57-63-75(5)6)99-81(86)66-60-54-48-40-35-20-18-16-14-12-10-8-2/h74-78,83H,7-73H2,1-6H3,(H,88,89)(H,90,91)/t76-,77-,78-/m1/s1. The molecule has 0 aromatic carbocycles. The minimum absolute atomic E-state index is 0.107. The van der Waals surface area contributed by atoms with Crippen LogP contribution < -0.4 is 0 Å². The average Bonchev–Trinajstić information content (AvgIpc) is 1.19. The number of phosphoric acid groups is 2. The molecule has 0 rings (SSSR count). The van der Waals surface area contributed by atoms with Gasteiger partial charge in [0.05, 0.1) is 26.4 Å². The van der Waals surface area contributed by atoms with Crippen molar-refractivity contribution in [1.82, 2.24) is 0 Å². The summed E-state index contributed by atoms with van der Waals surface area (Å²) in [7, 11) is -9.92. The molecule has 0 aliphatic heterocycles. The lowest BCUT2D eigenvalue weighted by Gasteiger charge is -2.21. The summed E-state index contributed by atoms with van der Waals surface area (Å²) in [5.74, 6) is -0.560. The number of rotatable bonds is 81. The van der Waals surface area contributed by atoms with Crippen LogP contribution in [0.3, 0.4) is 0 Å². The van der Waals surface area contributed by atoms with Crippen LogP contribution in [0.4, 0.5) is 0 Å². The number of esters is 4. The van der Waals surface area contributed by atoms with Gasteiger partial charge in [0, 0.05) is 25.7 Å². The van der Waals surface area contributed by atoms with Gasteiger partial charge in [0.1, 0.15) is 19.3 Å². The summed E-state index contributed by atoms with van der Waals surface area (Å²) in [4.78, 5) is 73.0. The van der Waals surface area contributed by atoms with Crippen molar-refractivity contribution in [3.05, 3.63) is 0 Å². The molecule has 0 spiro atoms. The molecular weight excluding hydrogens is 1320 g/mol. The number of carbonyl (C=O) groups excluding carboxylic acids is 4. The van der Waals surface area contributed by atoms with Crippen molar-refractivity contribution in [2.24, 2.45) is 11.8 Å². The molecule has 0 heterocycles. The van der Waals surface area contributed by atoms with E-state index in [-0.39, 0.29) is 25.7 Å². The maximum Gasteiger partial charge on any atom is 0.472 e. The zero-order chi connectivity index (χ0) is 74.2. The van der Waals surface area contributed by atoms with E-state index in [1.165, 1.54) is 250 Å². The van der Waals surface area contributed by atoms with E-state index >= 15 is 0 Å². The van der Waals surface area contributed by atoms with Gasteiger partial charge in [-0.05, 0) is 37.5 Å². The molecule has 101 heavy (non-hydrogen) atoms. The van der Waals surface area contributed by atoms with E-state index < -0.39 is 97.5 Å². The number of phosphoric ester groups is 2. The number of unbranched alkanes of at least 4 members (excludes halogenated alkanes) is 51. The minimum Gasteiger partial charge on any atom is -0.462 e. The second-order valence-electron chi connectivity index (χ2n) is 30.5. The number of hydrogen-bond donors (Lipinski definition) is 3. The fourth-order valence-electron chi connectivity index (χ4n) is 12.7. The molecule has 0 aromatic rings. The molecule has 2 unspecified atom stereocenters. The third-order valence-corrected chi connectivity index (χ3v) is 21.1. The molecule has 3 N–H and O–H groups in total. The minimum atomic E-state index is -4.96. The highest BCUT2D eigenvalue weighted by Crippen LogP contribution is 2.45. The van der Waals surface area contributed by atoms with E-state index in [4.69, 9.17) is 37.0 Å². The van der Waals surface area contributed by atoms with Crippen LogP contribution in [0.25, 0.3) is 0 Å². The highest BCUT2D eigenvalue weighted by Gasteiger charge is 2.30. The molecule has 19 heteroatoms. The summed E-state index contributed by atoms with van der Waals surface area (Å²) in [5, 5.41) is 10.6. The zero-order valence-corrected chi connectivity index (χ0v) is 68.0. The van der Waals surface area contributed by atoms with Gasteiger partial charge in [-0.1, -0.05) is 382 Å². The predicted octanol–water partition coefficient (Wildman–Crippen LogP) is 24.7. The first-order chi connectivity index (χ1) is 48.9. The van der Waals surface area contributed by atoms with Crippen molar-refractivity contribution in [2.45, 2.75) is 452 Å². The highest BCUT2D eigenvalue weighted by atomic mass is 31.2. The summed E-state index contributed by atoms with van der Waals surface area (Å²) in [6.07, 6.45) is 63.9. The monoisotopic (exact) mass is 1480 g/mol. The average molecular weight is 1480 g/mol. The van der Waals surface area contributed by atoms with Crippen LogP contribution in [0.1, 0.15) is 433 Å². The van der Waals surface area contributed by atoms with E-state index in [1.807, 2.05) is 0 Å². The van der Waals surface area contributed by atoms with E-state index in [9.17, 15) is 43.2 Å². The molecule has 0 fully saturated rings. The number of hydrogen-bond acceptors (Lipinski definition) is 15. The Labute approximate surface area is 619 Å². The largest absolute Gasteiger partial charge is 0.472 e. The lowest BCUT2D eigenvalue weighted by Crippen LogP contribution is -2.30. The van der Waals surface area contributed by atoms with Gasteiger partial charge in [-0.25, -0.2) is 9.13 Å². The summed E-state index contributed by atoms with van der Waals surface area (Å²) in [6, 6.07) is 0. The van der Waals surface area contributed by atoms with E-state index in [0.717, 1.165) is 102 Å². The molecule has 0 saturated carbocycles. The second kappa shape index (κ2) is 73.6. The van der Waals surface area contributed by atoms with E-state index in [1.54, 1.807) is 0 Å². The summed E-state index contributed by atoms with van der Waals surface area (Å²) in [6.45, 7) is 9.64. The third kappa shape index (κ3) is 76.1. The molecule has 17 nitrogen and oxygen atoms in total. The second-order valence-corrected chi connectivity index (χ2v) is 33.4. The predicted molar refractivity (Wildman–Crippen MR) is 414 cm³/mol. The van der Waals surface area contributed by atoms with Gasteiger partial charge in [0.25, 0.3) is 0 Å². The van der Waals surface area contributed by atoms with Gasteiger partial charge in [-0.2, -0.15) is 0 Å². The molecule has 0 aromatic heterocycles. The van der Waals surface area contributed by atoms with Gasteiger partial charge in [-0.15, -0.1) is 0 Å². The van der Waals surface area contributed by atoms with Crippen LogP contribution in [0.5, 0.6) is 0 Å². The van der Waals surface area contributed by atoms with Crippen molar-refractivity contribution in [2.75, 3.05) is 39.6 Å². The molecule has 0 saturated heterocycles. The quantitative estimate of drug-likeness (QED) is 0.0222. The third-order valence-electron chi connectivity index (χ3n) is 19.2. The Morgan fingerprint density at radius 1 is 0.267 bits per heavy atom. The van der Waals surface area contributed by atoms with Gasteiger partial charge < -0.3 is 33.8 Å². The van der Waals surface area contributed by atoms with Crippen molar-refractivity contribution >= 4 is 39.5 Å². The van der Waals surface area contributed by atoms with Crippen molar-refractivity contribution < 1.29 is 80.2 Å². The molecule has 600 valence electrons. The Bertz CT molecular complexity index is 1940. The lowest BCUT2D eigenvalue weighted by atomic mass is 10.0. The Morgan fingerprint density at radius 2 is 0.455 bits per heavy atom. The smallest absolute Gasteiger partial charge is 0.462 e. The van der Waals surface area contributed by atoms with Gasteiger partial charge in [0.2, 0.25) is 0 Å². The Morgan fingerprint density at radius 3 is 0.673 bits per heavy atom. The lowest BCUT2D eigenvalue weighted by molar-refractivity contribution is -0.161. The van der Waals surface area contributed by atoms with Crippen LogP contribution in [-0.2, 0) is 65.4 Å². The van der Waals surface area contributed by atoms with E-state index in [2.05, 4.69) is 41.5 Å². The molecular formula is C82H160O17P2. The van der Waals surface area contributed by atoms with Crippen LogP contribution in [0, 0.1) is 11.8 Å². The number of ether oxygens (including phenoxy) is 4. The van der Waals surface area contributed by atoms with Crippen LogP contribution in [0.15, 0.2) is 0 Å². The first kappa shape index (κ1) is 99.1. The Kier molecular flexibility index (Phi) is 72.2. The first-order valence-electron chi connectivity index (χ1n) is 42.5. The van der Waals surface area contributed by atoms with E-state index in [0.29, 0.717) is 25.7 Å². The van der Waals surface area contributed by atoms with Crippen LogP contribution in [0.2, 0.25) is 0 Å². The maximum atomic E-state index is 13.1. The molecule has 5 atom stereocenters. The highest BCUT2D eigenvalue weighted by molar-refractivity contribution is 7.47. The maximum absolute atomic E-state index is 13.1. The van der Waals surface area contributed by atoms with Crippen molar-refractivity contribution in [3.63, 3.8) is 0 Å². The zero-order valence-electron chi connectivity index (χ0n) is 66.2. The van der Waals surface area contributed by atoms with Gasteiger partial charge >= 0.3 is 39.5 Å². The molecule has 0 aliphatic rings. The van der Waals surface area contributed by atoms with Gasteiger partial charge in [-0.3, -0.25) is 37.3 Å². The Hall–Kier alpha value is -1.94. The Balaban J connectivity index is 5.22.